The van der Waals surface area contributed by atoms with Crippen LogP contribution in [0.5, 0.6) is 0 Å². The number of hydrogen-bond acceptors (Lipinski definition) is 6. The van der Waals surface area contributed by atoms with Crippen LogP contribution in [0.1, 0.15) is 54.8 Å². The lowest BCUT2D eigenvalue weighted by atomic mass is 10.0. The third kappa shape index (κ3) is 4.39. The summed E-state index contributed by atoms with van der Waals surface area (Å²) in [6.07, 6.45) is 3.33. The first kappa shape index (κ1) is 20.4. The number of aryl methyl sites for hydroxylation is 1. The van der Waals surface area contributed by atoms with E-state index >= 15 is 0 Å². The molecular weight excluding hydrogens is 376 g/mol. The van der Waals surface area contributed by atoms with Crippen molar-refractivity contribution in [1.82, 2.24) is 0 Å². The molecule has 1 aliphatic rings. The number of carboxylic acid groups (broad SMARTS) is 1. The maximum Gasteiger partial charge on any atom is 0.348 e. The lowest BCUT2D eigenvalue weighted by Gasteiger charge is -2.33. The Labute approximate surface area is 167 Å². The Bertz CT molecular complexity index is 976. The van der Waals surface area contributed by atoms with Gasteiger partial charge in [-0.05, 0) is 43.2 Å². The van der Waals surface area contributed by atoms with Crippen molar-refractivity contribution in [3.8, 4) is 11.3 Å². The molecule has 7 heteroatoms. The molecule has 0 saturated carbocycles. The molecule has 1 saturated heterocycles. The zero-order valence-corrected chi connectivity index (χ0v) is 16.5. The second-order valence-electron chi connectivity index (χ2n) is 7.11. The SMILES string of the molecule is CCCCC1(C)OC(=O)C(=Cc2ccc(-c3cc(C(=O)O)ccc3C)o2)C(=O)O1. The van der Waals surface area contributed by atoms with Crippen molar-refractivity contribution in [2.45, 2.75) is 45.8 Å². The van der Waals surface area contributed by atoms with Crippen LogP contribution in [0.4, 0.5) is 0 Å². The van der Waals surface area contributed by atoms with Crippen LogP contribution in [0.3, 0.4) is 0 Å². The summed E-state index contributed by atoms with van der Waals surface area (Å²) in [7, 11) is 0. The molecule has 0 amide bonds. The molecule has 152 valence electrons. The van der Waals surface area contributed by atoms with Gasteiger partial charge in [-0.15, -0.1) is 0 Å². The Balaban J connectivity index is 1.86. The van der Waals surface area contributed by atoms with Gasteiger partial charge in [0.1, 0.15) is 17.1 Å². The highest BCUT2D eigenvalue weighted by Crippen LogP contribution is 2.31. The summed E-state index contributed by atoms with van der Waals surface area (Å²) in [5, 5.41) is 9.18. The van der Waals surface area contributed by atoms with E-state index in [1.807, 2.05) is 13.8 Å². The summed E-state index contributed by atoms with van der Waals surface area (Å²) in [6, 6.07) is 7.94. The van der Waals surface area contributed by atoms with Crippen LogP contribution >= 0.6 is 0 Å². The van der Waals surface area contributed by atoms with Crippen molar-refractivity contribution >= 4 is 24.0 Å². The number of benzene rings is 1. The first-order valence-electron chi connectivity index (χ1n) is 9.35. The third-order valence-corrected chi connectivity index (χ3v) is 4.70. The van der Waals surface area contributed by atoms with E-state index in [-0.39, 0.29) is 16.9 Å². The largest absolute Gasteiger partial charge is 0.478 e. The van der Waals surface area contributed by atoms with Gasteiger partial charge in [-0.3, -0.25) is 0 Å². The number of carbonyl (C=O) groups excluding carboxylic acids is 2. The molecule has 1 fully saturated rings. The van der Waals surface area contributed by atoms with Crippen molar-refractivity contribution < 1.29 is 33.4 Å². The highest BCUT2D eigenvalue weighted by Gasteiger charge is 2.42. The van der Waals surface area contributed by atoms with Crippen LogP contribution in [-0.4, -0.2) is 28.8 Å². The molecule has 0 unspecified atom stereocenters. The van der Waals surface area contributed by atoms with Gasteiger partial charge in [-0.1, -0.05) is 19.4 Å². The second kappa shape index (κ2) is 7.95. The first-order chi connectivity index (χ1) is 13.7. The highest BCUT2D eigenvalue weighted by molar-refractivity contribution is 6.18. The van der Waals surface area contributed by atoms with Crippen molar-refractivity contribution in [3.63, 3.8) is 0 Å². The summed E-state index contributed by atoms with van der Waals surface area (Å²) >= 11 is 0. The van der Waals surface area contributed by atoms with E-state index < -0.39 is 23.7 Å². The van der Waals surface area contributed by atoms with Gasteiger partial charge in [0.2, 0.25) is 0 Å². The fourth-order valence-electron chi connectivity index (χ4n) is 3.06. The average molecular weight is 398 g/mol. The van der Waals surface area contributed by atoms with Gasteiger partial charge < -0.3 is 19.0 Å². The Morgan fingerprint density at radius 3 is 2.45 bits per heavy atom. The number of hydrogen-bond donors (Lipinski definition) is 1. The maximum atomic E-state index is 12.3. The molecule has 29 heavy (non-hydrogen) atoms. The highest BCUT2D eigenvalue weighted by atomic mass is 16.7. The molecule has 3 rings (SSSR count). The van der Waals surface area contributed by atoms with Crippen LogP contribution in [0, 0.1) is 6.92 Å². The number of cyclic esters (lactones) is 2. The van der Waals surface area contributed by atoms with E-state index in [1.54, 1.807) is 25.1 Å². The molecule has 0 spiro atoms. The van der Waals surface area contributed by atoms with Gasteiger partial charge in [0, 0.05) is 25.0 Å². The van der Waals surface area contributed by atoms with E-state index in [4.69, 9.17) is 13.9 Å². The molecule has 0 bridgehead atoms. The maximum absolute atomic E-state index is 12.3. The molecule has 0 atom stereocenters. The number of carboxylic acids is 1. The number of aromatic carboxylic acids is 1. The number of furan rings is 1. The molecular formula is C22H22O7. The fourth-order valence-corrected chi connectivity index (χ4v) is 3.06. The predicted octanol–water partition coefficient (Wildman–Crippen LogP) is 4.34. The smallest absolute Gasteiger partial charge is 0.348 e. The number of esters is 2. The molecule has 7 nitrogen and oxygen atoms in total. The number of carbonyl (C=O) groups is 3. The molecule has 0 radical (unpaired) electrons. The molecule has 1 N–H and O–H groups in total. The van der Waals surface area contributed by atoms with Crippen LogP contribution in [-0.2, 0) is 19.1 Å². The van der Waals surface area contributed by atoms with Gasteiger partial charge in [-0.2, -0.15) is 0 Å². The number of unbranched alkanes of at least 4 members (excludes halogenated alkanes) is 1. The number of ether oxygens (including phenoxy) is 2. The summed E-state index contributed by atoms with van der Waals surface area (Å²) in [5.41, 5.74) is 1.31. The fraction of sp³-hybridized carbons (Fsp3) is 0.318. The molecule has 1 aliphatic heterocycles. The Kier molecular flexibility index (Phi) is 5.59. The van der Waals surface area contributed by atoms with Gasteiger partial charge >= 0.3 is 17.9 Å². The normalized spacial score (nSPS) is 18.9. The Hall–Kier alpha value is -3.35. The predicted molar refractivity (Wildman–Crippen MR) is 104 cm³/mol. The van der Waals surface area contributed by atoms with Crippen LogP contribution in [0.25, 0.3) is 17.4 Å². The lowest BCUT2D eigenvalue weighted by molar-refractivity contribution is -0.230. The van der Waals surface area contributed by atoms with Crippen molar-refractivity contribution in [3.05, 3.63) is 52.8 Å². The van der Waals surface area contributed by atoms with Crippen molar-refractivity contribution in [1.29, 1.82) is 0 Å². The molecule has 0 aliphatic carbocycles. The van der Waals surface area contributed by atoms with E-state index in [2.05, 4.69) is 0 Å². The summed E-state index contributed by atoms with van der Waals surface area (Å²) in [4.78, 5) is 35.9. The number of rotatable bonds is 6. The molecule has 2 heterocycles. The lowest BCUT2D eigenvalue weighted by Crippen LogP contribution is -2.44. The molecule has 2 aromatic rings. The summed E-state index contributed by atoms with van der Waals surface area (Å²) < 4.78 is 16.4. The molecule has 1 aromatic carbocycles. The van der Waals surface area contributed by atoms with E-state index in [0.29, 0.717) is 17.7 Å². The summed E-state index contributed by atoms with van der Waals surface area (Å²) in [5.74, 6) is -3.16. The van der Waals surface area contributed by atoms with Crippen molar-refractivity contribution in [2.75, 3.05) is 0 Å². The summed E-state index contributed by atoms with van der Waals surface area (Å²) in [6.45, 7) is 5.39. The van der Waals surface area contributed by atoms with Gasteiger partial charge in [0.15, 0.2) is 0 Å². The zero-order valence-electron chi connectivity index (χ0n) is 16.5. The van der Waals surface area contributed by atoms with Gasteiger partial charge in [-0.25, -0.2) is 14.4 Å². The topological polar surface area (TPSA) is 103 Å². The second-order valence-corrected chi connectivity index (χ2v) is 7.11. The van der Waals surface area contributed by atoms with E-state index in [9.17, 15) is 19.5 Å². The van der Waals surface area contributed by atoms with E-state index in [0.717, 1.165) is 18.4 Å². The minimum absolute atomic E-state index is 0.132. The monoisotopic (exact) mass is 398 g/mol. The van der Waals surface area contributed by atoms with Crippen molar-refractivity contribution in [2.24, 2.45) is 0 Å². The minimum atomic E-state index is -1.26. The Morgan fingerprint density at radius 2 is 1.83 bits per heavy atom. The molecule has 1 aromatic heterocycles. The van der Waals surface area contributed by atoms with Gasteiger partial charge in [0.25, 0.3) is 5.79 Å². The van der Waals surface area contributed by atoms with E-state index in [1.165, 1.54) is 18.2 Å². The third-order valence-electron chi connectivity index (χ3n) is 4.70. The standard InChI is InChI=1S/C22H22O7/c1-4-5-10-22(3)28-20(25)17(21(26)29-22)12-15-8-9-18(27-15)16-11-14(19(23)24)7-6-13(16)2/h6-9,11-12H,4-5,10H2,1-3H3,(H,23,24). The first-order valence-corrected chi connectivity index (χ1v) is 9.35. The van der Waals surface area contributed by atoms with Crippen LogP contribution in [0.15, 0.2) is 40.3 Å². The van der Waals surface area contributed by atoms with Crippen LogP contribution < -0.4 is 0 Å². The quantitative estimate of drug-likeness (QED) is 0.438. The van der Waals surface area contributed by atoms with Crippen LogP contribution in [0.2, 0.25) is 0 Å². The Morgan fingerprint density at radius 1 is 1.14 bits per heavy atom. The minimum Gasteiger partial charge on any atom is -0.478 e. The van der Waals surface area contributed by atoms with Gasteiger partial charge in [0.05, 0.1) is 5.56 Å². The average Bonchev–Trinajstić information content (AvgIpc) is 3.12. The zero-order chi connectivity index (χ0) is 21.2.